The van der Waals surface area contributed by atoms with Crippen LogP contribution in [0, 0.1) is 6.92 Å². The predicted octanol–water partition coefficient (Wildman–Crippen LogP) is 3.51. The van der Waals surface area contributed by atoms with Crippen molar-refractivity contribution >= 4 is 23.4 Å². The van der Waals surface area contributed by atoms with E-state index >= 15 is 0 Å². The molecule has 2 N–H and O–H groups in total. The minimum atomic E-state index is 0.0657. The van der Waals surface area contributed by atoms with Crippen molar-refractivity contribution < 1.29 is 9.47 Å². The summed E-state index contributed by atoms with van der Waals surface area (Å²) in [6.07, 6.45) is 1.03. The summed E-state index contributed by atoms with van der Waals surface area (Å²) in [5.74, 6) is 0. The van der Waals surface area contributed by atoms with Gasteiger partial charge in [0.1, 0.15) is 25.3 Å². The molecule has 0 fully saturated rings. The van der Waals surface area contributed by atoms with Crippen LogP contribution in [0.3, 0.4) is 0 Å². The molecule has 2 aromatic carbocycles. The van der Waals surface area contributed by atoms with Crippen LogP contribution < -0.4 is 20.7 Å². The third-order valence-corrected chi connectivity index (χ3v) is 6.38. The fourth-order valence-electron chi connectivity index (χ4n) is 4.40. The van der Waals surface area contributed by atoms with Crippen molar-refractivity contribution in [3.05, 3.63) is 59.7 Å². The number of benzene rings is 2. The van der Waals surface area contributed by atoms with E-state index < -0.39 is 0 Å². The first-order valence-electron chi connectivity index (χ1n) is 12.7. The second-order valence-corrected chi connectivity index (χ2v) is 8.99. The normalized spacial score (nSPS) is 18.9. The number of anilines is 2. The molecule has 2 unspecified atom stereocenters. The number of likely N-dealkylation sites (N-methyl/N-ethyl adjacent to an activating group) is 2. The summed E-state index contributed by atoms with van der Waals surface area (Å²) >= 11 is 0. The number of rotatable bonds is 9. The Kier molecular flexibility index (Phi) is 8.34. The monoisotopic (exact) mass is 478 g/mol. The second-order valence-electron chi connectivity index (χ2n) is 8.99. The van der Waals surface area contributed by atoms with Crippen molar-refractivity contribution in [1.82, 2.24) is 10.9 Å². The van der Waals surface area contributed by atoms with Gasteiger partial charge in [0.25, 0.3) is 0 Å². The van der Waals surface area contributed by atoms with Gasteiger partial charge in [0.15, 0.2) is 0 Å². The predicted molar refractivity (Wildman–Crippen MR) is 143 cm³/mol. The zero-order valence-electron chi connectivity index (χ0n) is 21.3. The Bertz CT molecular complexity index is 1040. The summed E-state index contributed by atoms with van der Waals surface area (Å²) in [5, 5.41) is 0. The first-order chi connectivity index (χ1) is 17.1. The number of nitrogens with one attached hydrogen (secondary N) is 2. The summed E-state index contributed by atoms with van der Waals surface area (Å²) in [4.78, 5) is 14.0. The van der Waals surface area contributed by atoms with Crippen molar-refractivity contribution in [1.29, 1.82) is 0 Å². The number of hydrogen-bond acceptors (Lipinski definition) is 8. The highest BCUT2D eigenvalue weighted by atomic mass is 16.5. The molecule has 2 aliphatic rings. The lowest BCUT2D eigenvalue weighted by atomic mass is 10.1. The molecule has 0 saturated heterocycles. The number of hydrazine groups is 1. The highest BCUT2D eigenvalue weighted by molar-refractivity contribution is 5.81. The SMILES string of the molecule is CCc1cccc(N(CC)CC2COC(NNC3=NC(CN(CC)c4cccc(C)c4)CO3)=N2)c1. The molecule has 35 heavy (non-hydrogen) atoms. The maximum Gasteiger partial charge on any atom is 0.304 e. The Morgan fingerprint density at radius 2 is 1.34 bits per heavy atom. The minimum Gasteiger partial charge on any atom is -0.462 e. The largest absolute Gasteiger partial charge is 0.462 e. The third-order valence-electron chi connectivity index (χ3n) is 6.38. The van der Waals surface area contributed by atoms with Crippen molar-refractivity contribution in [2.45, 2.75) is 46.2 Å². The van der Waals surface area contributed by atoms with Gasteiger partial charge in [-0.25, -0.2) is 20.8 Å². The Balaban J connectivity index is 1.27. The summed E-state index contributed by atoms with van der Waals surface area (Å²) in [6.45, 7) is 13.2. The van der Waals surface area contributed by atoms with Crippen LogP contribution in [0.4, 0.5) is 11.4 Å². The van der Waals surface area contributed by atoms with Crippen LogP contribution in [-0.2, 0) is 15.9 Å². The van der Waals surface area contributed by atoms with Gasteiger partial charge in [0, 0.05) is 37.6 Å². The first-order valence-corrected chi connectivity index (χ1v) is 12.7. The fraction of sp³-hybridized carbons (Fsp3) is 0.481. The summed E-state index contributed by atoms with van der Waals surface area (Å²) in [5.41, 5.74) is 11.1. The average Bonchev–Trinajstić information content (AvgIpc) is 3.53. The van der Waals surface area contributed by atoms with E-state index in [1.54, 1.807) is 0 Å². The third kappa shape index (κ3) is 6.59. The summed E-state index contributed by atoms with van der Waals surface area (Å²) in [7, 11) is 0. The van der Waals surface area contributed by atoms with E-state index in [0.29, 0.717) is 25.3 Å². The molecular weight excluding hydrogens is 440 g/mol. The lowest BCUT2D eigenvalue weighted by molar-refractivity contribution is 0.288. The van der Waals surface area contributed by atoms with Gasteiger partial charge < -0.3 is 19.3 Å². The lowest BCUT2D eigenvalue weighted by Crippen LogP contribution is -2.42. The summed E-state index contributed by atoms with van der Waals surface area (Å²) < 4.78 is 11.5. The number of aliphatic imine (C=N–C) groups is 2. The highest BCUT2D eigenvalue weighted by Gasteiger charge is 2.24. The van der Waals surface area contributed by atoms with Crippen molar-refractivity contribution in [2.75, 3.05) is 49.2 Å². The van der Waals surface area contributed by atoms with Gasteiger partial charge in [0.05, 0.1) is 0 Å². The van der Waals surface area contributed by atoms with Crippen LogP contribution in [-0.4, -0.2) is 63.5 Å². The molecule has 0 aliphatic carbocycles. The molecule has 0 radical (unpaired) electrons. The van der Waals surface area contributed by atoms with Crippen LogP contribution in [0.2, 0.25) is 0 Å². The molecule has 2 heterocycles. The van der Waals surface area contributed by atoms with Gasteiger partial charge in [-0.05, 0) is 62.6 Å². The van der Waals surface area contributed by atoms with Crippen LogP contribution in [0.25, 0.3) is 0 Å². The maximum atomic E-state index is 5.76. The van der Waals surface area contributed by atoms with E-state index in [4.69, 9.17) is 14.5 Å². The molecule has 0 aromatic heterocycles. The lowest BCUT2D eigenvalue weighted by Gasteiger charge is -2.25. The highest BCUT2D eigenvalue weighted by Crippen LogP contribution is 2.19. The van der Waals surface area contributed by atoms with E-state index in [0.717, 1.165) is 32.6 Å². The Hall–Kier alpha value is -3.42. The molecule has 0 saturated carbocycles. The van der Waals surface area contributed by atoms with Crippen molar-refractivity contribution in [2.24, 2.45) is 9.98 Å². The number of nitrogens with zero attached hydrogens (tertiary/aromatic N) is 4. The zero-order valence-corrected chi connectivity index (χ0v) is 21.3. The van der Waals surface area contributed by atoms with Crippen LogP contribution >= 0.6 is 0 Å². The van der Waals surface area contributed by atoms with E-state index in [1.807, 2.05) is 0 Å². The Morgan fingerprint density at radius 1 is 0.800 bits per heavy atom. The number of amidine groups is 2. The molecule has 8 heteroatoms. The fourth-order valence-corrected chi connectivity index (χ4v) is 4.40. The Morgan fingerprint density at radius 3 is 1.86 bits per heavy atom. The van der Waals surface area contributed by atoms with Gasteiger partial charge in [0.2, 0.25) is 0 Å². The molecular formula is C27H38N6O2. The molecule has 0 spiro atoms. The van der Waals surface area contributed by atoms with E-state index in [1.165, 1.54) is 22.5 Å². The van der Waals surface area contributed by atoms with Crippen LogP contribution in [0.5, 0.6) is 0 Å². The minimum absolute atomic E-state index is 0.0657. The van der Waals surface area contributed by atoms with Gasteiger partial charge >= 0.3 is 12.0 Å². The quantitative estimate of drug-likeness (QED) is 0.538. The van der Waals surface area contributed by atoms with E-state index in [9.17, 15) is 0 Å². The van der Waals surface area contributed by atoms with Crippen LogP contribution in [0.15, 0.2) is 58.5 Å². The molecule has 2 atom stereocenters. The molecule has 0 amide bonds. The number of ether oxygens (including phenoxy) is 2. The van der Waals surface area contributed by atoms with E-state index in [2.05, 4.69) is 102 Å². The Labute approximate surface area is 209 Å². The number of aryl methyl sites for hydroxylation is 2. The van der Waals surface area contributed by atoms with Crippen molar-refractivity contribution in [3.63, 3.8) is 0 Å². The molecule has 0 bridgehead atoms. The first kappa shape index (κ1) is 24.7. The van der Waals surface area contributed by atoms with E-state index in [-0.39, 0.29) is 12.1 Å². The molecule has 2 aliphatic heterocycles. The van der Waals surface area contributed by atoms with Gasteiger partial charge in [-0.2, -0.15) is 0 Å². The second kappa shape index (κ2) is 11.8. The maximum absolute atomic E-state index is 5.76. The molecule has 188 valence electrons. The molecule has 4 rings (SSSR count). The van der Waals surface area contributed by atoms with Gasteiger partial charge in [-0.15, -0.1) is 0 Å². The zero-order chi connectivity index (χ0) is 24.6. The topological polar surface area (TPSA) is 73.7 Å². The molecule has 8 nitrogen and oxygen atoms in total. The van der Waals surface area contributed by atoms with Crippen molar-refractivity contribution in [3.8, 4) is 0 Å². The van der Waals surface area contributed by atoms with Gasteiger partial charge in [-0.1, -0.05) is 31.2 Å². The number of hydrogen-bond donors (Lipinski definition) is 2. The van der Waals surface area contributed by atoms with Gasteiger partial charge in [-0.3, -0.25) is 0 Å². The average molecular weight is 479 g/mol. The smallest absolute Gasteiger partial charge is 0.304 e. The molecule has 2 aromatic rings. The van der Waals surface area contributed by atoms with Crippen LogP contribution in [0.1, 0.15) is 31.9 Å². The summed E-state index contributed by atoms with van der Waals surface area (Å²) in [6, 6.07) is 18.3. The standard InChI is InChI=1S/C27H38N6O2/c1-5-21-11-9-13-25(15-21)33(7-3)17-23-19-35-27(29-23)31-30-26-28-22(18-34-26)16-32(6-2)24-12-8-10-20(4)14-24/h8-15,22-23H,5-7,16-19H2,1-4H3,(H,28,30)(H,29,31).